The summed E-state index contributed by atoms with van der Waals surface area (Å²) in [5.74, 6) is 1.01. The van der Waals surface area contributed by atoms with Gasteiger partial charge in [-0.05, 0) is 6.07 Å². The molecule has 1 amide bonds. The van der Waals surface area contributed by atoms with Gasteiger partial charge >= 0.3 is 0 Å². The Labute approximate surface area is 122 Å². The zero-order valence-corrected chi connectivity index (χ0v) is 11.7. The molecule has 2 aromatic rings. The second-order valence-corrected chi connectivity index (χ2v) is 4.94. The third-order valence-corrected chi connectivity index (χ3v) is 3.56. The van der Waals surface area contributed by atoms with Crippen molar-refractivity contribution < 1.29 is 9.53 Å². The molecule has 1 aromatic carbocycles. The van der Waals surface area contributed by atoms with Crippen LogP contribution in [0.2, 0.25) is 0 Å². The number of nitrogen functional groups attached to an aromatic ring is 1. The van der Waals surface area contributed by atoms with Crippen LogP contribution in [0.5, 0.6) is 5.75 Å². The van der Waals surface area contributed by atoms with Gasteiger partial charge in [-0.15, -0.1) is 0 Å². The zero-order chi connectivity index (χ0) is 14.8. The van der Waals surface area contributed by atoms with Crippen LogP contribution in [0, 0.1) is 0 Å². The van der Waals surface area contributed by atoms with Crippen molar-refractivity contribution in [2.75, 3.05) is 12.8 Å². The number of nitrogens with two attached hydrogens (primary N) is 1. The summed E-state index contributed by atoms with van der Waals surface area (Å²) in [5, 5.41) is 0. The number of carbonyl (C=O) groups is 1. The van der Waals surface area contributed by atoms with Crippen LogP contribution in [-0.2, 0) is 24.3 Å². The number of carbonyl (C=O) groups excluding carboxylic acids is 1. The molecule has 108 valence electrons. The van der Waals surface area contributed by atoms with E-state index in [1.165, 1.54) is 0 Å². The fourth-order valence-electron chi connectivity index (χ4n) is 2.47. The highest BCUT2D eigenvalue weighted by Gasteiger charge is 2.25. The van der Waals surface area contributed by atoms with Gasteiger partial charge in [-0.25, -0.2) is 9.97 Å². The van der Waals surface area contributed by atoms with Gasteiger partial charge in [0.15, 0.2) is 0 Å². The molecular weight excluding hydrogens is 268 g/mol. The average molecular weight is 284 g/mol. The number of hydrogen-bond donors (Lipinski definition) is 1. The molecule has 0 atom stereocenters. The second-order valence-electron chi connectivity index (χ2n) is 4.94. The van der Waals surface area contributed by atoms with Crippen molar-refractivity contribution in [2.45, 2.75) is 19.5 Å². The Balaban J connectivity index is 1.73. The van der Waals surface area contributed by atoms with Gasteiger partial charge in [-0.3, -0.25) is 4.79 Å². The first-order valence-electron chi connectivity index (χ1n) is 6.67. The minimum absolute atomic E-state index is 0.0380. The topological polar surface area (TPSA) is 81.3 Å². The Morgan fingerprint density at radius 2 is 2.19 bits per heavy atom. The van der Waals surface area contributed by atoms with E-state index in [0.717, 1.165) is 22.6 Å². The van der Waals surface area contributed by atoms with Crippen LogP contribution in [0.4, 0.5) is 5.95 Å². The number of benzene rings is 1. The summed E-state index contributed by atoms with van der Waals surface area (Å²) in [5.41, 5.74) is 8.24. The molecule has 0 unspecified atom stereocenters. The second kappa shape index (κ2) is 5.40. The number of hydrogen-bond acceptors (Lipinski definition) is 5. The first-order valence-corrected chi connectivity index (χ1v) is 6.67. The summed E-state index contributed by atoms with van der Waals surface area (Å²) in [6.07, 6.45) is 1.99. The van der Waals surface area contributed by atoms with Crippen molar-refractivity contribution in [2.24, 2.45) is 0 Å². The van der Waals surface area contributed by atoms with Crippen molar-refractivity contribution in [3.63, 3.8) is 0 Å². The number of anilines is 1. The largest absolute Gasteiger partial charge is 0.496 e. The lowest BCUT2D eigenvalue weighted by atomic mass is 10.1. The lowest BCUT2D eigenvalue weighted by molar-refractivity contribution is -0.131. The highest BCUT2D eigenvalue weighted by Crippen LogP contribution is 2.23. The van der Waals surface area contributed by atoms with Crippen molar-refractivity contribution in [3.05, 3.63) is 47.3 Å². The van der Waals surface area contributed by atoms with Crippen LogP contribution in [0.3, 0.4) is 0 Å². The monoisotopic (exact) mass is 284 g/mol. The van der Waals surface area contributed by atoms with Crippen molar-refractivity contribution >= 4 is 11.9 Å². The molecule has 1 aromatic heterocycles. The molecular formula is C15H16N4O2. The smallest absolute Gasteiger partial charge is 0.227 e. The Bertz CT molecular complexity index is 687. The first-order chi connectivity index (χ1) is 10.2. The van der Waals surface area contributed by atoms with Gasteiger partial charge in [0.25, 0.3) is 0 Å². The average Bonchev–Trinajstić information content (AvgIpc) is 2.91. The fraction of sp³-hybridized carbons (Fsp3) is 0.267. The standard InChI is InChI=1S/C15H16N4O2/c1-21-13-5-3-2-4-10(13)6-14(20)19-8-11-7-17-15(16)18-12(11)9-19/h2-5,7H,6,8-9H2,1H3,(H2,16,17,18). The van der Waals surface area contributed by atoms with E-state index in [9.17, 15) is 4.79 Å². The highest BCUT2D eigenvalue weighted by atomic mass is 16.5. The van der Waals surface area contributed by atoms with Crippen molar-refractivity contribution in [1.82, 2.24) is 14.9 Å². The van der Waals surface area contributed by atoms with Crippen LogP contribution >= 0.6 is 0 Å². The molecule has 0 fully saturated rings. The third kappa shape index (κ3) is 2.65. The molecule has 0 bridgehead atoms. The molecule has 0 spiro atoms. The molecule has 6 heteroatoms. The Kier molecular flexibility index (Phi) is 3.43. The van der Waals surface area contributed by atoms with E-state index in [1.807, 2.05) is 24.3 Å². The predicted molar refractivity (Wildman–Crippen MR) is 77.4 cm³/mol. The van der Waals surface area contributed by atoms with Crippen molar-refractivity contribution in [1.29, 1.82) is 0 Å². The molecule has 21 heavy (non-hydrogen) atoms. The van der Waals surface area contributed by atoms with Crippen LogP contribution in [-0.4, -0.2) is 27.9 Å². The fourth-order valence-corrected chi connectivity index (χ4v) is 2.47. The molecule has 1 aliphatic rings. The molecule has 0 saturated heterocycles. The van der Waals surface area contributed by atoms with E-state index in [2.05, 4.69) is 9.97 Å². The molecule has 0 saturated carbocycles. The third-order valence-electron chi connectivity index (χ3n) is 3.56. The van der Waals surface area contributed by atoms with E-state index in [0.29, 0.717) is 19.5 Å². The number of ether oxygens (including phenoxy) is 1. The SMILES string of the molecule is COc1ccccc1CC(=O)N1Cc2cnc(N)nc2C1. The minimum atomic E-state index is 0.0380. The van der Waals surface area contributed by atoms with Gasteiger partial charge in [0.05, 0.1) is 25.8 Å². The molecule has 0 aliphatic carbocycles. The number of para-hydroxylation sites is 1. The van der Waals surface area contributed by atoms with Crippen LogP contribution in [0.15, 0.2) is 30.5 Å². The number of amides is 1. The lowest BCUT2D eigenvalue weighted by Gasteiger charge is -2.16. The van der Waals surface area contributed by atoms with E-state index < -0.39 is 0 Å². The maximum Gasteiger partial charge on any atom is 0.227 e. The summed E-state index contributed by atoms with van der Waals surface area (Å²) in [4.78, 5) is 22.3. The predicted octanol–water partition coefficient (Wildman–Crippen LogP) is 1.15. The number of aromatic nitrogens is 2. The quantitative estimate of drug-likeness (QED) is 0.914. The number of fused-ring (bicyclic) bond motifs is 1. The van der Waals surface area contributed by atoms with Crippen LogP contribution < -0.4 is 10.5 Å². The zero-order valence-electron chi connectivity index (χ0n) is 11.7. The highest BCUT2D eigenvalue weighted by molar-refractivity contribution is 5.80. The lowest BCUT2D eigenvalue weighted by Crippen LogP contribution is -2.27. The van der Waals surface area contributed by atoms with Gasteiger partial charge < -0.3 is 15.4 Å². The molecule has 2 heterocycles. The minimum Gasteiger partial charge on any atom is -0.496 e. The molecule has 3 rings (SSSR count). The van der Waals surface area contributed by atoms with E-state index in [4.69, 9.17) is 10.5 Å². The number of rotatable bonds is 3. The summed E-state index contributed by atoms with van der Waals surface area (Å²) >= 11 is 0. The normalized spacial score (nSPS) is 13.1. The molecule has 1 aliphatic heterocycles. The maximum atomic E-state index is 12.4. The van der Waals surface area contributed by atoms with Gasteiger partial charge in [-0.2, -0.15) is 0 Å². The summed E-state index contributed by atoms with van der Waals surface area (Å²) < 4.78 is 5.28. The number of nitrogens with zero attached hydrogens (tertiary/aromatic N) is 3. The summed E-state index contributed by atoms with van der Waals surface area (Å²) in [7, 11) is 1.60. The maximum absolute atomic E-state index is 12.4. The Morgan fingerprint density at radius 3 is 3.00 bits per heavy atom. The molecule has 2 N–H and O–H groups in total. The van der Waals surface area contributed by atoms with Gasteiger partial charge in [-0.1, -0.05) is 18.2 Å². The van der Waals surface area contributed by atoms with E-state index >= 15 is 0 Å². The van der Waals surface area contributed by atoms with Crippen LogP contribution in [0.25, 0.3) is 0 Å². The Morgan fingerprint density at radius 1 is 1.38 bits per heavy atom. The molecule has 0 radical (unpaired) electrons. The van der Waals surface area contributed by atoms with Gasteiger partial charge in [0.1, 0.15) is 5.75 Å². The van der Waals surface area contributed by atoms with Gasteiger partial charge in [0.2, 0.25) is 11.9 Å². The van der Waals surface area contributed by atoms with Gasteiger partial charge in [0, 0.05) is 23.9 Å². The number of methoxy groups -OCH3 is 1. The summed E-state index contributed by atoms with van der Waals surface area (Å²) in [6.45, 7) is 1.01. The first kappa shape index (κ1) is 13.4. The van der Waals surface area contributed by atoms with Crippen LogP contribution in [0.1, 0.15) is 16.8 Å². The summed E-state index contributed by atoms with van der Waals surface area (Å²) in [6, 6.07) is 7.54. The van der Waals surface area contributed by atoms with E-state index in [1.54, 1.807) is 18.2 Å². The Hall–Kier alpha value is -2.63. The van der Waals surface area contributed by atoms with E-state index in [-0.39, 0.29) is 11.9 Å². The van der Waals surface area contributed by atoms with Crippen molar-refractivity contribution in [3.8, 4) is 5.75 Å². The molecule has 6 nitrogen and oxygen atoms in total.